The molecule has 2 rings (SSSR count). The number of aromatic nitrogens is 1. The van der Waals surface area contributed by atoms with Crippen LogP contribution in [0.5, 0.6) is 0 Å². The number of nitrogens with two attached hydrogens (primary N) is 2. The summed E-state index contributed by atoms with van der Waals surface area (Å²) in [6.07, 6.45) is 2.01. The molecule has 19 heavy (non-hydrogen) atoms. The number of anilines is 2. The molecular weight excluding hydrogens is 280 g/mol. The van der Waals surface area contributed by atoms with Gasteiger partial charge in [-0.25, -0.2) is 0 Å². The van der Waals surface area contributed by atoms with E-state index in [2.05, 4.69) is 22.7 Å². The van der Waals surface area contributed by atoms with Crippen molar-refractivity contribution in [1.82, 2.24) is 4.37 Å². The van der Waals surface area contributed by atoms with E-state index < -0.39 is 5.91 Å². The molecule has 5 N–H and O–H groups in total. The third-order valence-electron chi connectivity index (χ3n) is 2.73. The van der Waals surface area contributed by atoms with Gasteiger partial charge in [-0.1, -0.05) is 19.4 Å². The predicted octanol–water partition coefficient (Wildman–Crippen LogP) is 2.84. The van der Waals surface area contributed by atoms with E-state index in [1.165, 1.54) is 16.4 Å². The number of carbonyl (C=O) groups is 1. The zero-order chi connectivity index (χ0) is 13.8. The van der Waals surface area contributed by atoms with Gasteiger partial charge in [-0.2, -0.15) is 4.37 Å². The molecule has 0 fully saturated rings. The summed E-state index contributed by atoms with van der Waals surface area (Å²) in [6, 6.07) is 4.25. The first-order valence-electron chi connectivity index (χ1n) is 5.98. The molecule has 0 aromatic carbocycles. The zero-order valence-corrected chi connectivity index (χ0v) is 12.2. The molecule has 7 heteroatoms. The van der Waals surface area contributed by atoms with Gasteiger partial charge in [0.05, 0.1) is 6.04 Å². The van der Waals surface area contributed by atoms with Crippen molar-refractivity contribution in [2.24, 2.45) is 5.73 Å². The predicted molar refractivity (Wildman–Crippen MR) is 80.6 cm³/mol. The molecule has 5 nitrogen and oxygen atoms in total. The monoisotopic (exact) mass is 296 g/mol. The highest BCUT2D eigenvalue weighted by atomic mass is 32.1. The summed E-state index contributed by atoms with van der Waals surface area (Å²) in [5, 5.41) is 6.03. The highest BCUT2D eigenvalue weighted by Crippen LogP contribution is 2.33. The lowest BCUT2D eigenvalue weighted by Crippen LogP contribution is -2.16. The standard InChI is InChI=1S/C12H16N4OS2/c1-2-4-7(8-5-3-6-18-8)15-12-9(11(14)17)10(13)16-19-12/h3,5-7,15H,2,4H2,1H3,(H2,13,16)(H2,14,17). The van der Waals surface area contributed by atoms with Gasteiger partial charge in [0, 0.05) is 4.88 Å². The third-order valence-corrected chi connectivity index (χ3v) is 4.51. The summed E-state index contributed by atoms with van der Waals surface area (Å²) >= 11 is 2.86. The largest absolute Gasteiger partial charge is 0.382 e. The number of primary amides is 1. The molecule has 0 spiro atoms. The number of amides is 1. The molecule has 2 aromatic heterocycles. The first-order valence-corrected chi connectivity index (χ1v) is 7.63. The van der Waals surface area contributed by atoms with Crippen molar-refractivity contribution >= 4 is 39.6 Å². The summed E-state index contributed by atoms with van der Waals surface area (Å²) in [5.74, 6) is -0.350. The van der Waals surface area contributed by atoms with Gasteiger partial charge in [0.15, 0.2) is 5.82 Å². The Morgan fingerprint density at radius 3 is 2.95 bits per heavy atom. The normalized spacial score (nSPS) is 12.3. The van der Waals surface area contributed by atoms with Crippen LogP contribution in [-0.4, -0.2) is 10.3 Å². The third kappa shape index (κ3) is 3.05. The van der Waals surface area contributed by atoms with Crippen molar-refractivity contribution < 1.29 is 4.79 Å². The van der Waals surface area contributed by atoms with Gasteiger partial charge in [-0.3, -0.25) is 4.79 Å². The van der Waals surface area contributed by atoms with Crippen LogP contribution in [0.25, 0.3) is 0 Å². The second kappa shape index (κ2) is 6.03. The first kappa shape index (κ1) is 13.8. The van der Waals surface area contributed by atoms with Gasteiger partial charge in [-0.15, -0.1) is 11.3 Å². The number of rotatable bonds is 6. The fourth-order valence-electron chi connectivity index (χ4n) is 1.86. The molecule has 1 atom stereocenters. The molecule has 102 valence electrons. The van der Waals surface area contributed by atoms with Crippen molar-refractivity contribution in [3.8, 4) is 0 Å². The Morgan fingerprint density at radius 2 is 2.37 bits per heavy atom. The van der Waals surface area contributed by atoms with E-state index in [1.54, 1.807) is 11.3 Å². The van der Waals surface area contributed by atoms with Crippen molar-refractivity contribution in [3.05, 3.63) is 28.0 Å². The number of nitrogens with zero attached hydrogens (tertiary/aromatic N) is 1. The summed E-state index contributed by atoms with van der Waals surface area (Å²) in [6.45, 7) is 2.12. The fourth-order valence-corrected chi connectivity index (χ4v) is 3.45. The Balaban J connectivity index is 2.25. The van der Waals surface area contributed by atoms with Crippen LogP contribution in [0.3, 0.4) is 0 Å². The average Bonchev–Trinajstić information content (AvgIpc) is 2.98. The van der Waals surface area contributed by atoms with E-state index in [-0.39, 0.29) is 11.9 Å². The molecule has 2 aromatic rings. The molecule has 2 heterocycles. The molecule has 0 radical (unpaired) electrons. The van der Waals surface area contributed by atoms with Crippen LogP contribution >= 0.6 is 22.9 Å². The summed E-state index contributed by atoms with van der Waals surface area (Å²) in [5.41, 5.74) is 11.3. The number of nitrogen functional groups attached to an aromatic ring is 1. The second-order valence-corrected chi connectivity index (χ2v) is 5.89. The molecule has 0 saturated heterocycles. The topological polar surface area (TPSA) is 94.0 Å². The smallest absolute Gasteiger partial charge is 0.255 e. The maximum atomic E-state index is 11.4. The lowest BCUT2D eigenvalue weighted by molar-refractivity contribution is 0.100. The molecule has 0 bridgehead atoms. The Morgan fingerprint density at radius 1 is 1.58 bits per heavy atom. The van der Waals surface area contributed by atoms with Gasteiger partial charge in [0.25, 0.3) is 5.91 Å². The maximum absolute atomic E-state index is 11.4. The maximum Gasteiger partial charge on any atom is 0.255 e. The van der Waals surface area contributed by atoms with Crippen LogP contribution < -0.4 is 16.8 Å². The van der Waals surface area contributed by atoms with Crippen LogP contribution in [0.4, 0.5) is 10.8 Å². The van der Waals surface area contributed by atoms with Crippen LogP contribution in [0.1, 0.15) is 41.0 Å². The highest BCUT2D eigenvalue weighted by molar-refractivity contribution is 7.11. The Bertz CT molecular complexity index is 550. The van der Waals surface area contributed by atoms with Crippen LogP contribution in [-0.2, 0) is 0 Å². The zero-order valence-electron chi connectivity index (χ0n) is 10.6. The minimum absolute atomic E-state index is 0.156. The average molecular weight is 296 g/mol. The number of hydrogen-bond donors (Lipinski definition) is 3. The van der Waals surface area contributed by atoms with E-state index in [4.69, 9.17) is 11.5 Å². The second-order valence-electron chi connectivity index (χ2n) is 4.14. The number of carbonyl (C=O) groups excluding carboxylic acids is 1. The lowest BCUT2D eigenvalue weighted by Gasteiger charge is -2.17. The summed E-state index contributed by atoms with van der Waals surface area (Å²) in [4.78, 5) is 12.6. The minimum Gasteiger partial charge on any atom is -0.382 e. The van der Waals surface area contributed by atoms with E-state index in [0.717, 1.165) is 12.8 Å². The van der Waals surface area contributed by atoms with Gasteiger partial charge in [0.2, 0.25) is 0 Å². The lowest BCUT2D eigenvalue weighted by atomic mass is 10.1. The number of thiophene rings is 1. The van der Waals surface area contributed by atoms with E-state index in [9.17, 15) is 4.79 Å². The molecule has 0 aliphatic carbocycles. The van der Waals surface area contributed by atoms with Crippen LogP contribution in [0, 0.1) is 0 Å². The van der Waals surface area contributed by atoms with Crippen molar-refractivity contribution in [3.63, 3.8) is 0 Å². The van der Waals surface area contributed by atoms with E-state index >= 15 is 0 Å². The Hall–Kier alpha value is -1.60. The summed E-state index contributed by atoms with van der Waals surface area (Å²) in [7, 11) is 0. The van der Waals surface area contributed by atoms with Gasteiger partial charge < -0.3 is 16.8 Å². The molecule has 0 aliphatic heterocycles. The summed E-state index contributed by atoms with van der Waals surface area (Å²) < 4.78 is 3.99. The Labute approximate surface area is 119 Å². The van der Waals surface area contributed by atoms with Gasteiger partial charge in [-0.05, 0) is 29.4 Å². The molecule has 0 aliphatic rings. The number of nitrogens with one attached hydrogen (secondary N) is 1. The SMILES string of the molecule is CCCC(Nc1snc(N)c1C(N)=O)c1cccs1. The molecule has 0 saturated carbocycles. The minimum atomic E-state index is -0.546. The molecule has 1 amide bonds. The van der Waals surface area contributed by atoms with E-state index in [1.807, 2.05) is 11.4 Å². The van der Waals surface area contributed by atoms with Gasteiger partial charge >= 0.3 is 0 Å². The first-order chi connectivity index (χ1) is 9.13. The van der Waals surface area contributed by atoms with Crippen LogP contribution in [0.15, 0.2) is 17.5 Å². The molecule has 1 unspecified atom stereocenters. The van der Waals surface area contributed by atoms with Crippen LogP contribution in [0.2, 0.25) is 0 Å². The Kier molecular flexibility index (Phi) is 4.39. The highest BCUT2D eigenvalue weighted by Gasteiger charge is 2.20. The van der Waals surface area contributed by atoms with Crippen molar-refractivity contribution in [2.45, 2.75) is 25.8 Å². The van der Waals surface area contributed by atoms with E-state index in [0.29, 0.717) is 10.6 Å². The van der Waals surface area contributed by atoms with Crippen molar-refractivity contribution in [1.29, 1.82) is 0 Å². The fraction of sp³-hybridized carbons (Fsp3) is 0.333. The van der Waals surface area contributed by atoms with Gasteiger partial charge in [0.1, 0.15) is 10.6 Å². The van der Waals surface area contributed by atoms with Crippen molar-refractivity contribution in [2.75, 3.05) is 11.1 Å². The quantitative estimate of drug-likeness (QED) is 0.764. The number of hydrogen-bond acceptors (Lipinski definition) is 6. The molecular formula is C12H16N4OS2.